The topological polar surface area (TPSA) is 127 Å². The lowest BCUT2D eigenvalue weighted by atomic mass is 10.3. The largest absolute Gasteiger partial charge is 0.480 e. The predicted octanol–water partition coefficient (Wildman–Crippen LogP) is -0.511. The summed E-state index contributed by atoms with van der Waals surface area (Å²) in [6.45, 7) is 0. The molecule has 0 radical (unpaired) electrons. The van der Waals surface area contributed by atoms with E-state index in [2.05, 4.69) is 20.2 Å². The maximum Gasteiger partial charge on any atom is 0.320 e. The highest BCUT2D eigenvalue weighted by molar-refractivity contribution is 7.93. The molecule has 0 aliphatic rings. The number of hydrogen-bond donors (Lipinski definition) is 2. The van der Waals surface area contributed by atoms with E-state index in [1.807, 2.05) is 0 Å². The van der Waals surface area contributed by atoms with Crippen LogP contribution < -0.4 is 4.72 Å². The fourth-order valence-corrected chi connectivity index (χ4v) is 2.30. The zero-order valence-corrected chi connectivity index (χ0v) is 10.3. The molecule has 0 bridgehead atoms. The predicted molar refractivity (Wildman–Crippen MR) is 64.2 cm³/mol. The molecule has 0 atom stereocenters. The summed E-state index contributed by atoms with van der Waals surface area (Å²) in [6, 6.07) is 6.35. The number of tetrazole rings is 1. The number of benzene rings is 1. The molecule has 2 N–H and O–H groups in total. The fourth-order valence-electron chi connectivity index (χ4n) is 1.40. The Morgan fingerprint density at radius 2 is 2.11 bits per heavy atom. The highest BCUT2D eigenvalue weighted by Gasteiger charge is 2.17. The van der Waals surface area contributed by atoms with Crippen molar-refractivity contribution in [1.29, 1.82) is 0 Å². The summed E-state index contributed by atoms with van der Waals surface area (Å²) < 4.78 is 26.6. The zero-order valence-electron chi connectivity index (χ0n) is 9.46. The summed E-state index contributed by atoms with van der Waals surface area (Å²) in [6.07, 6.45) is 1.30. The number of rotatable bonds is 5. The van der Waals surface area contributed by atoms with Crippen LogP contribution in [0.5, 0.6) is 0 Å². The molecule has 0 saturated carbocycles. The lowest BCUT2D eigenvalue weighted by molar-refractivity contribution is -0.134. The molecule has 1 aromatic heterocycles. The van der Waals surface area contributed by atoms with Gasteiger partial charge in [-0.15, -0.1) is 5.10 Å². The Hall–Kier alpha value is -2.49. The van der Waals surface area contributed by atoms with Crippen LogP contribution in [-0.2, 0) is 14.8 Å². The summed E-state index contributed by atoms with van der Waals surface area (Å²) in [4.78, 5) is 10.5. The monoisotopic (exact) mass is 283 g/mol. The smallest absolute Gasteiger partial charge is 0.320 e. The van der Waals surface area contributed by atoms with E-state index in [-0.39, 0.29) is 5.69 Å². The van der Waals surface area contributed by atoms with Crippen molar-refractivity contribution in [3.63, 3.8) is 0 Å². The van der Waals surface area contributed by atoms with E-state index >= 15 is 0 Å². The quantitative estimate of drug-likeness (QED) is 0.756. The van der Waals surface area contributed by atoms with E-state index in [1.54, 1.807) is 18.2 Å². The molecular formula is C9H9N5O4S. The van der Waals surface area contributed by atoms with E-state index in [0.717, 1.165) is 0 Å². The second-order valence-electron chi connectivity index (χ2n) is 3.53. The summed E-state index contributed by atoms with van der Waals surface area (Å²) >= 11 is 0. The Labute approximate surface area is 107 Å². The van der Waals surface area contributed by atoms with Gasteiger partial charge in [-0.25, -0.2) is 8.42 Å². The van der Waals surface area contributed by atoms with Crippen molar-refractivity contribution in [2.45, 2.75) is 0 Å². The van der Waals surface area contributed by atoms with Crippen LogP contribution in [-0.4, -0.2) is 45.5 Å². The number of carbonyl (C=O) groups is 1. The van der Waals surface area contributed by atoms with Crippen molar-refractivity contribution in [1.82, 2.24) is 20.2 Å². The van der Waals surface area contributed by atoms with Gasteiger partial charge in [0.25, 0.3) is 0 Å². The van der Waals surface area contributed by atoms with Crippen LogP contribution in [0, 0.1) is 0 Å². The molecule has 100 valence electrons. The van der Waals surface area contributed by atoms with Crippen LogP contribution in [0.3, 0.4) is 0 Å². The summed E-state index contributed by atoms with van der Waals surface area (Å²) in [5.74, 6) is -2.45. The first-order chi connectivity index (χ1) is 8.98. The van der Waals surface area contributed by atoms with Gasteiger partial charge < -0.3 is 5.11 Å². The highest BCUT2D eigenvalue weighted by atomic mass is 32.2. The zero-order chi connectivity index (χ0) is 13.9. The third-order valence-electron chi connectivity index (χ3n) is 2.08. The molecule has 1 aromatic carbocycles. The van der Waals surface area contributed by atoms with Crippen LogP contribution in [0.15, 0.2) is 30.6 Å². The van der Waals surface area contributed by atoms with Crippen LogP contribution in [0.1, 0.15) is 0 Å². The first-order valence-corrected chi connectivity index (χ1v) is 6.68. The molecular weight excluding hydrogens is 274 g/mol. The van der Waals surface area contributed by atoms with Crippen LogP contribution >= 0.6 is 0 Å². The van der Waals surface area contributed by atoms with E-state index in [9.17, 15) is 13.2 Å². The standard InChI is InChI=1S/C9H9N5O4S/c15-9(16)5-19(17,18)11-7-3-1-2-4-8(7)14-6-10-12-13-14/h1-4,6,11H,5H2,(H,15,16). The number of aliphatic carboxylic acids is 1. The molecule has 0 aliphatic carbocycles. The van der Waals surface area contributed by atoms with Crippen molar-refractivity contribution in [2.75, 3.05) is 10.5 Å². The van der Waals surface area contributed by atoms with Gasteiger partial charge in [0.2, 0.25) is 10.0 Å². The number of nitrogens with one attached hydrogen (secondary N) is 1. The molecule has 0 unspecified atom stereocenters. The average molecular weight is 283 g/mol. The average Bonchev–Trinajstić information content (AvgIpc) is 2.80. The first kappa shape index (κ1) is 13.0. The third kappa shape index (κ3) is 3.25. The summed E-state index contributed by atoms with van der Waals surface area (Å²) in [5, 5.41) is 19.1. The van der Waals surface area contributed by atoms with Gasteiger partial charge in [-0.2, -0.15) is 4.68 Å². The molecule has 1 heterocycles. The number of hydrogen-bond acceptors (Lipinski definition) is 6. The molecule has 2 rings (SSSR count). The van der Waals surface area contributed by atoms with Crippen LogP contribution in [0.25, 0.3) is 5.69 Å². The minimum absolute atomic E-state index is 0.191. The Bertz CT molecular complexity index is 682. The molecule has 0 fully saturated rings. The molecule has 0 aliphatic heterocycles. The van der Waals surface area contributed by atoms with Gasteiger partial charge in [0.15, 0.2) is 5.75 Å². The van der Waals surface area contributed by atoms with Crippen molar-refractivity contribution in [3.05, 3.63) is 30.6 Å². The Balaban J connectivity index is 2.34. The van der Waals surface area contributed by atoms with Crippen molar-refractivity contribution < 1.29 is 18.3 Å². The molecule has 19 heavy (non-hydrogen) atoms. The van der Waals surface area contributed by atoms with Gasteiger partial charge in [0, 0.05) is 0 Å². The van der Waals surface area contributed by atoms with Gasteiger partial charge in [0.1, 0.15) is 6.33 Å². The molecule has 0 amide bonds. The van der Waals surface area contributed by atoms with Gasteiger partial charge >= 0.3 is 5.97 Å². The highest BCUT2D eigenvalue weighted by Crippen LogP contribution is 2.19. The van der Waals surface area contributed by atoms with Crippen molar-refractivity contribution in [2.24, 2.45) is 0 Å². The number of carboxylic acid groups (broad SMARTS) is 1. The number of anilines is 1. The van der Waals surface area contributed by atoms with E-state index in [1.165, 1.54) is 17.1 Å². The van der Waals surface area contributed by atoms with E-state index in [0.29, 0.717) is 5.69 Å². The third-order valence-corrected chi connectivity index (χ3v) is 3.24. The van der Waals surface area contributed by atoms with Crippen LogP contribution in [0.4, 0.5) is 5.69 Å². The Morgan fingerprint density at radius 1 is 1.37 bits per heavy atom. The van der Waals surface area contributed by atoms with Gasteiger partial charge in [-0.05, 0) is 22.6 Å². The molecule has 0 saturated heterocycles. The van der Waals surface area contributed by atoms with Gasteiger partial charge in [-0.3, -0.25) is 9.52 Å². The summed E-state index contributed by atoms with van der Waals surface area (Å²) in [7, 11) is -3.98. The molecule has 9 nitrogen and oxygen atoms in total. The fraction of sp³-hybridized carbons (Fsp3) is 0.111. The molecule has 2 aromatic rings. The minimum atomic E-state index is -3.98. The first-order valence-electron chi connectivity index (χ1n) is 5.02. The van der Waals surface area contributed by atoms with E-state index in [4.69, 9.17) is 5.11 Å². The number of para-hydroxylation sites is 2. The van der Waals surface area contributed by atoms with Crippen LogP contribution in [0.2, 0.25) is 0 Å². The second-order valence-corrected chi connectivity index (χ2v) is 5.25. The summed E-state index contributed by atoms with van der Waals surface area (Å²) in [5.41, 5.74) is 0.581. The minimum Gasteiger partial charge on any atom is -0.480 e. The second kappa shape index (κ2) is 5.02. The van der Waals surface area contributed by atoms with Crippen molar-refractivity contribution >= 4 is 21.7 Å². The number of carboxylic acids is 1. The Kier molecular flexibility index (Phi) is 3.42. The molecule has 10 heteroatoms. The van der Waals surface area contributed by atoms with E-state index < -0.39 is 21.7 Å². The lowest BCUT2D eigenvalue weighted by Gasteiger charge is -2.10. The normalized spacial score (nSPS) is 11.2. The van der Waals surface area contributed by atoms with Crippen molar-refractivity contribution in [3.8, 4) is 5.69 Å². The molecule has 0 spiro atoms. The maximum atomic E-state index is 11.6. The SMILES string of the molecule is O=C(O)CS(=O)(=O)Nc1ccccc1-n1cnnn1. The Morgan fingerprint density at radius 3 is 2.74 bits per heavy atom. The lowest BCUT2D eigenvalue weighted by Crippen LogP contribution is -2.23. The number of aromatic nitrogens is 4. The number of sulfonamides is 1. The maximum absolute atomic E-state index is 11.6. The van der Waals surface area contributed by atoms with Gasteiger partial charge in [-0.1, -0.05) is 12.1 Å². The number of nitrogens with zero attached hydrogens (tertiary/aromatic N) is 4. The van der Waals surface area contributed by atoms with Gasteiger partial charge in [0.05, 0.1) is 11.4 Å².